The van der Waals surface area contributed by atoms with Gasteiger partial charge in [-0.25, -0.2) is 4.57 Å². The first-order chi connectivity index (χ1) is 30.0. The number of quaternary nitrogens is 1. The molecule has 0 saturated heterocycles. The topological polar surface area (TPSA) is 105 Å². The molecule has 9 heteroatoms. The van der Waals surface area contributed by atoms with Crippen LogP contribution >= 0.6 is 7.82 Å². The molecule has 8 nitrogen and oxygen atoms in total. The molecule has 3 atom stereocenters. The maximum Gasteiger partial charge on any atom is 0.472 e. The van der Waals surface area contributed by atoms with Crippen LogP contribution < -0.4 is 5.32 Å². The van der Waals surface area contributed by atoms with E-state index in [1.807, 2.05) is 27.2 Å². The van der Waals surface area contributed by atoms with Crippen LogP contribution in [0.25, 0.3) is 0 Å². The number of nitrogens with one attached hydrogen (secondary N) is 1. The van der Waals surface area contributed by atoms with Crippen molar-refractivity contribution in [3.05, 3.63) is 24.3 Å². The molecule has 0 aromatic heterocycles. The largest absolute Gasteiger partial charge is 0.472 e. The van der Waals surface area contributed by atoms with Crippen molar-refractivity contribution in [1.82, 2.24) is 5.32 Å². The van der Waals surface area contributed by atoms with E-state index in [-0.39, 0.29) is 19.1 Å². The van der Waals surface area contributed by atoms with E-state index in [4.69, 9.17) is 9.05 Å². The van der Waals surface area contributed by atoms with Gasteiger partial charge in [-0.05, 0) is 44.9 Å². The number of phosphoric ester groups is 1. The first-order valence-electron chi connectivity index (χ1n) is 26.7. The minimum absolute atomic E-state index is 0.0631. The minimum atomic E-state index is -4.33. The zero-order valence-corrected chi connectivity index (χ0v) is 42.8. The Morgan fingerprint density at radius 1 is 0.532 bits per heavy atom. The summed E-state index contributed by atoms with van der Waals surface area (Å²) in [6.07, 6.45) is 56.0. The average molecular weight is 898 g/mol. The summed E-state index contributed by atoms with van der Waals surface area (Å²) < 4.78 is 23.5. The molecule has 1 amide bonds. The minimum Gasteiger partial charge on any atom is -0.387 e. The van der Waals surface area contributed by atoms with Crippen molar-refractivity contribution >= 4 is 13.7 Å². The standard InChI is InChI=1S/C53H105N2O6P/c1-6-8-10-12-14-15-16-17-18-19-20-21-22-23-24-25-26-27-28-29-30-31-32-33-34-35-36-37-38-39-41-43-45-47-53(57)54-51(52(56)46-44-42-40-13-11-9-7-2)50-61-62(58,59)60-49-48-55(3,4)5/h19-20,44,46,51-52,56H,6-18,21-43,45,47-50H2,1-5H3,(H-,54,57,58,59)/p+1/b20-19-,46-44+. The molecule has 62 heavy (non-hydrogen) atoms. The van der Waals surface area contributed by atoms with E-state index in [2.05, 4.69) is 31.3 Å². The van der Waals surface area contributed by atoms with E-state index >= 15 is 0 Å². The summed E-state index contributed by atoms with van der Waals surface area (Å²) >= 11 is 0. The Kier molecular flexibility index (Phi) is 44.4. The molecular weight excluding hydrogens is 792 g/mol. The third-order valence-electron chi connectivity index (χ3n) is 12.2. The molecule has 0 aromatic rings. The molecule has 0 spiro atoms. The number of carbonyl (C=O) groups is 1. The Morgan fingerprint density at radius 2 is 0.871 bits per heavy atom. The van der Waals surface area contributed by atoms with E-state index in [9.17, 15) is 19.4 Å². The molecular formula is C53H106N2O6P+. The monoisotopic (exact) mass is 898 g/mol. The van der Waals surface area contributed by atoms with Gasteiger partial charge in [-0.2, -0.15) is 0 Å². The maximum atomic E-state index is 12.8. The summed E-state index contributed by atoms with van der Waals surface area (Å²) in [5.74, 6) is -0.177. The Morgan fingerprint density at radius 3 is 1.24 bits per heavy atom. The molecule has 0 aromatic carbocycles. The quantitative estimate of drug-likeness (QED) is 0.0243. The first kappa shape index (κ1) is 61.0. The molecule has 3 N–H and O–H groups in total. The van der Waals surface area contributed by atoms with Crippen LogP contribution in [0.3, 0.4) is 0 Å². The van der Waals surface area contributed by atoms with Crippen molar-refractivity contribution in [3.63, 3.8) is 0 Å². The smallest absolute Gasteiger partial charge is 0.387 e. The number of nitrogens with zero attached hydrogens (tertiary/aromatic N) is 1. The lowest BCUT2D eigenvalue weighted by Crippen LogP contribution is -2.45. The summed E-state index contributed by atoms with van der Waals surface area (Å²) in [6.45, 7) is 4.77. The van der Waals surface area contributed by atoms with Crippen molar-refractivity contribution < 1.29 is 32.9 Å². The van der Waals surface area contributed by atoms with Crippen LogP contribution in [0.5, 0.6) is 0 Å². The summed E-state index contributed by atoms with van der Waals surface area (Å²) in [5, 5.41) is 13.7. The highest BCUT2D eigenvalue weighted by Gasteiger charge is 2.27. The summed E-state index contributed by atoms with van der Waals surface area (Å²) in [5.41, 5.74) is 0. The van der Waals surface area contributed by atoms with Crippen molar-refractivity contribution in [3.8, 4) is 0 Å². The molecule has 0 saturated carbocycles. The molecule has 3 unspecified atom stereocenters. The number of aliphatic hydroxyl groups excluding tert-OH is 1. The van der Waals surface area contributed by atoms with E-state index in [0.29, 0.717) is 17.4 Å². The zero-order chi connectivity index (χ0) is 45.7. The number of hydrogen-bond donors (Lipinski definition) is 3. The number of unbranched alkanes of at least 4 members (excludes halogenated alkanes) is 34. The van der Waals surface area contributed by atoms with Gasteiger partial charge in [0.05, 0.1) is 39.9 Å². The van der Waals surface area contributed by atoms with Crippen molar-refractivity contribution in [2.24, 2.45) is 0 Å². The molecule has 0 fully saturated rings. The molecule has 0 radical (unpaired) electrons. The second-order valence-corrected chi connectivity index (χ2v) is 21.1. The van der Waals surface area contributed by atoms with E-state index in [0.717, 1.165) is 38.5 Å². The molecule has 0 aliphatic rings. The molecule has 0 aliphatic heterocycles. The predicted molar refractivity (Wildman–Crippen MR) is 268 cm³/mol. The van der Waals surface area contributed by atoms with Crippen LogP contribution in [0, 0.1) is 0 Å². The Labute approximate surface area is 385 Å². The number of aliphatic hydroxyl groups is 1. The van der Waals surface area contributed by atoms with Crippen LogP contribution in [0.15, 0.2) is 24.3 Å². The number of rotatable bonds is 49. The van der Waals surface area contributed by atoms with E-state index in [1.54, 1.807) is 6.08 Å². The number of likely N-dealkylation sites (N-methyl/N-ethyl adjacent to an activating group) is 1. The number of allylic oxidation sites excluding steroid dienone is 3. The van der Waals surface area contributed by atoms with Crippen molar-refractivity contribution in [2.45, 2.75) is 270 Å². The fraction of sp³-hybridized carbons (Fsp3) is 0.906. The van der Waals surface area contributed by atoms with Gasteiger partial charge in [0.1, 0.15) is 13.2 Å². The van der Waals surface area contributed by atoms with Gasteiger partial charge < -0.3 is 19.8 Å². The summed E-state index contributed by atoms with van der Waals surface area (Å²) in [4.78, 5) is 23.1. The molecule has 0 aliphatic carbocycles. The predicted octanol–water partition coefficient (Wildman–Crippen LogP) is 15.6. The normalized spacial score (nSPS) is 14.2. The van der Waals surface area contributed by atoms with Gasteiger partial charge in [0, 0.05) is 6.42 Å². The maximum absolute atomic E-state index is 12.8. The highest BCUT2D eigenvalue weighted by Crippen LogP contribution is 2.43. The van der Waals surface area contributed by atoms with Gasteiger partial charge in [0.15, 0.2) is 0 Å². The molecule has 0 heterocycles. The van der Waals surface area contributed by atoms with Gasteiger partial charge >= 0.3 is 7.82 Å². The second kappa shape index (κ2) is 45.1. The van der Waals surface area contributed by atoms with Crippen molar-refractivity contribution in [2.75, 3.05) is 40.9 Å². The number of amides is 1. The average Bonchev–Trinajstić information content (AvgIpc) is 3.23. The molecule has 368 valence electrons. The fourth-order valence-corrected chi connectivity index (χ4v) is 8.66. The summed E-state index contributed by atoms with van der Waals surface area (Å²) in [6, 6.07) is -0.840. The zero-order valence-electron chi connectivity index (χ0n) is 41.9. The Hall–Kier alpha value is -1.02. The molecule has 0 bridgehead atoms. The number of hydrogen-bond acceptors (Lipinski definition) is 5. The summed E-state index contributed by atoms with van der Waals surface area (Å²) in [7, 11) is 1.58. The van der Waals surface area contributed by atoms with Crippen LogP contribution in [0.4, 0.5) is 0 Å². The third kappa shape index (κ3) is 47.0. The number of carbonyl (C=O) groups excluding carboxylic acids is 1. The SMILES string of the molecule is CCCCCCC/C=C/C(O)C(COP(=O)(O)OCC[N+](C)(C)C)NC(=O)CCCCCCCCCCCCCCCCCCCCCCC/C=C\CCCCCCCCCC. The first-order valence-corrected chi connectivity index (χ1v) is 28.2. The van der Waals surface area contributed by atoms with Crippen LogP contribution in [-0.2, 0) is 18.4 Å². The lowest BCUT2D eigenvalue weighted by atomic mass is 10.0. The fourth-order valence-electron chi connectivity index (χ4n) is 7.92. The highest BCUT2D eigenvalue weighted by atomic mass is 31.2. The van der Waals surface area contributed by atoms with Crippen LogP contribution in [-0.4, -0.2) is 73.4 Å². The molecule has 0 rings (SSSR count). The van der Waals surface area contributed by atoms with Crippen LogP contribution in [0.2, 0.25) is 0 Å². The lowest BCUT2D eigenvalue weighted by molar-refractivity contribution is -0.870. The van der Waals surface area contributed by atoms with Crippen LogP contribution in [0.1, 0.15) is 258 Å². The number of phosphoric acid groups is 1. The Bertz CT molecular complexity index is 1060. The van der Waals surface area contributed by atoms with E-state index in [1.165, 1.54) is 199 Å². The second-order valence-electron chi connectivity index (χ2n) is 19.6. The van der Waals surface area contributed by atoms with E-state index < -0.39 is 20.0 Å². The van der Waals surface area contributed by atoms with Gasteiger partial charge in [-0.1, -0.05) is 231 Å². The highest BCUT2D eigenvalue weighted by molar-refractivity contribution is 7.47. The van der Waals surface area contributed by atoms with Gasteiger partial charge in [0.25, 0.3) is 0 Å². The van der Waals surface area contributed by atoms with Crippen molar-refractivity contribution in [1.29, 1.82) is 0 Å². The lowest BCUT2D eigenvalue weighted by Gasteiger charge is -2.25. The third-order valence-corrected chi connectivity index (χ3v) is 13.1. The van der Waals surface area contributed by atoms with Gasteiger partial charge in [-0.3, -0.25) is 13.8 Å². The van der Waals surface area contributed by atoms with Gasteiger partial charge in [-0.15, -0.1) is 0 Å². The van der Waals surface area contributed by atoms with Gasteiger partial charge in [0.2, 0.25) is 5.91 Å². The Balaban J connectivity index is 3.83.